The van der Waals surface area contributed by atoms with E-state index in [2.05, 4.69) is 5.32 Å². The largest absolute Gasteiger partial charge is 0.493 e. The molecule has 2 rings (SSSR count). The Hall–Kier alpha value is -2.24. The zero-order valence-electron chi connectivity index (χ0n) is 13.6. The molecule has 2 N–H and O–H groups in total. The standard InChI is InChI=1S/C18H20ClNO4/c1-12-3-5-13(6-4-12)11-24-18-15(19)7-14(8-16(18)23-2)9-20-10-17(21)22/h3-8,20H,9-11H2,1-2H3,(H,21,22). The summed E-state index contributed by atoms with van der Waals surface area (Å²) in [6.45, 7) is 2.67. The molecule has 0 atom stereocenters. The number of carboxylic acids is 1. The van der Waals surface area contributed by atoms with Gasteiger partial charge in [-0.1, -0.05) is 41.4 Å². The highest BCUT2D eigenvalue weighted by molar-refractivity contribution is 6.32. The summed E-state index contributed by atoms with van der Waals surface area (Å²) in [5, 5.41) is 11.9. The fraction of sp³-hybridized carbons (Fsp3) is 0.278. The quantitative estimate of drug-likeness (QED) is 0.764. The summed E-state index contributed by atoms with van der Waals surface area (Å²) in [6.07, 6.45) is 0. The Morgan fingerprint density at radius 2 is 1.92 bits per heavy atom. The van der Waals surface area contributed by atoms with Gasteiger partial charge in [-0.3, -0.25) is 4.79 Å². The van der Waals surface area contributed by atoms with Crippen LogP contribution < -0.4 is 14.8 Å². The first-order chi connectivity index (χ1) is 11.5. The molecule has 0 spiro atoms. The van der Waals surface area contributed by atoms with Crippen LogP contribution in [0.25, 0.3) is 0 Å². The predicted octanol–water partition coefficient (Wildman–Crippen LogP) is 3.41. The maximum absolute atomic E-state index is 10.5. The van der Waals surface area contributed by atoms with E-state index in [-0.39, 0.29) is 6.54 Å². The van der Waals surface area contributed by atoms with E-state index in [9.17, 15) is 4.79 Å². The molecular weight excluding hydrogens is 330 g/mol. The first kappa shape index (κ1) is 18.1. The van der Waals surface area contributed by atoms with E-state index >= 15 is 0 Å². The lowest BCUT2D eigenvalue weighted by Crippen LogP contribution is -2.21. The van der Waals surface area contributed by atoms with E-state index in [0.29, 0.717) is 29.7 Å². The third-order valence-electron chi connectivity index (χ3n) is 3.40. The first-order valence-electron chi connectivity index (χ1n) is 7.47. The highest BCUT2D eigenvalue weighted by atomic mass is 35.5. The molecular formula is C18H20ClNO4. The van der Waals surface area contributed by atoms with Gasteiger partial charge in [-0.15, -0.1) is 0 Å². The van der Waals surface area contributed by atoms with Crippen LogP contribution in [0.4, 0.5) is 0 Å². The van der Waals surface area contributed by atoms with Crippen LogP contribution in [0.3, 0.4) is 0 Å². The second-order valence-corrected chi connectivity index (χ2v) is 5.79. The Balaban J connectivity index is 2.08. The lowest BCUT2D eigenvalue weighted by Gasteiger charge is -2.14. The SMILES string of the molecule is COc1cc(CNCC(=O)O)cc(Cl)c1OCc1ccc(C)cc1. The molecule has 0 aromatic heterocycles. The van der Waals surface area contributed by atoms with Gasteiger partial charge >= 0.3 is 5.97 Å². The third kappa shape index (κ3) is 5.15. The molecule has 0 heterocycles. The number of benzene rings is 2. The average Bonchev–Trinajstić information content (AvgIpc) is 2.54. The molecule has 0 aliphatic carbocycles. The van der Waals surface area contributed by atoms with Gasteiger partial charge in [0, 0.05) is 6.54 Å². The third-order valence-corrected chi connectivity index (χ3v) is 3.68. The van der Waals surface area contributed by atoms with E-state index < -0.39 is 5.97 Å². The van der Waals surface area contributed by atoms with Gasteiger partial charge in [0.1, 0.15) is 6.61 Å². The van der Waals surface area contributed by atoms with Gasteiger partial charge in [-0.25, -0.2) is 0 Å². The molecule has 2 aromatic rings. The van der Waals surface area contributed by atoms with E-state index in [1.807, 2.05) is 31.2 Å². The molecule has 0 unspecified atom stereocenters. The lowest BCUT2D eigenvalue weighted by atomic mass is 10.1. The number of carbonyl (C=O) groups is 1. The normalized spacial score (nSPS) is 10.5. The van der Waals surface area contributed by atoms with Gasteiger partial charge in [0.2, 0.25) is 0 Å². The number of nitrogens with one attached hydrogen (secondary N) is 1. The van der Waals surface area contributed by atoms with Crippen LogP contribution in [0.15, 0.2) is 36.4 Å². The summed E-state index contributed by atoms with van der Waals surface area (Å²) in [6, 6.07) is 11.6. The summed E-state index contributed by atoms with van der Waals surface area (Å²) in [7, 11) is 1.54. The van der Waals surface area contributed by atoms with Gasteiger partial charge in [-0.2, -0.15) is 0 Å². The van der Waals surface area contributed by atoms with Crippen molar-refractivity contribution in [2.75, 3.05) is 13.7 Å². The maximum atomic E-state index is 10.5. The predicted molar refractivity (Wildman–Crippen MR) is 92.9 cm³/mol. The molecule has 5 nitrogen and oxygen atoms in total. The van der Waals surface area contributed by atoms with Gasteiger partial charge in [0.05, 0.1) is 18.7 Å². The fourth-order valence-corrected chi connectivity index (χ4v) is 2.46. The minimum Gasteiger partial charge on any atom is -0.493 e. The van der Waals surface area contributed by atoms with Crippen LogP contribution in [-0.2, 0) is 17.9 Å². The zero-order chi connectivity index (χ0) is 17.5. The summed E-state index contributed by atoms with van der Waals surface area (Å²) in [5.74, 6) is 0.0783. The van der Waals surface area contributed by atoms with Crippen LogP contribution in [0.1, 0.15) is 16.7 Å². The molecule has 0 fully saturated rings. The van der Waals surface area contributed by atoms with Crippen molar-refractivity contribution >= 4 is 17.6 Å². The Bertz CT molecular complexity index is 701. The lowest BCUT2D eigenvalue weighted by molar-refractivity contribution is -0.135. The minimum atomic E-state index is -0.911. The van der Waals surface area contributed by atoms with Crippen LogP contribution in [-0.4, -0.2) is 24.7 Å². The number of carboxylic acid groups (broad SMARTS) is 1. The van der Waals surface area contributed by atoms with E-state index in [1.165, 1.54) is 5.56 Å². The number of halogens is 1. The van der Waals surface area contributed by atoms with Gasteiger partial charge < -0.3 is 19.9 Å². The molecule has 0 bridgehead atoms. The number of rotatable bonds is 8. The van der Waals surface area contributed by atoms with Crippen molar-refractivity contribution < 1.29 is 19.4 Å². The number of methoxy groups -OCH3 is 1. The van der Waals surface area contributed by atoms with Gasteiger partial charge in [0.15, 0.2) is 11.5 Å². The Kier molecular flexibility index (Phi) is 6.46. The topological polar surface area (TPSA) is 67.8 Å². The van der Waals surface area contributed by atoms with E-state index in [4.69, 9.17) is 26.2 Å². The van der Waals surface area contributed by atoms with E-state index in [0.717, 1.165) is 11.1 Å². The second kappa shape index (κ2) is 8.57. The molecule has 0 saturated heterocycles. The highest BCUT2D eigenvalue weighted by Gasteiger charge is 2.12. The monoisotopic (exact) mass is 349 g/mol. The second-order valence-electron chi connectivity index (χ2n) is 5.38. The minimum absolute atomic E-state index is 0.119. The zero-order valence-corrected chi connectivity index (χ0v) is 14.4. The van der Waals surface area contributed by atoms with Crippen molar-refractivity contribution in [1.82, 2.24) is 5.32 Å². The first-order valence-corrected chi connectivity index (χ1v) is 7.84. The summed E-state index contributed by atoms with van der Waals surface area (Å²) in [5.41, 5.74) is 3.04. The van der Waals surface area contributed by atoms with Crippen molar-refractivity contribution in [2.45, 2.75) is 20.1 Å². The fourth-order valence-electron chi connectivity index (χ4n) is 2.17. The van der Waals surface area contributed by atoms with Crippen molar-refractivity contribution in [1.29, 1.82) is 0 Å². The Labute approximate surface area is 146 Å². The number of aryl methyl sites for hydroxylation is 1. The van der Waals surface area contributed by atoms with Crippen molar-refractivity contribution in [3.63, 3.8) is 0 Å². The van der Waals surface area contributed by atoms with Crippen LogP contribution >= 0.6 is 11.6 Å². The van der Waals surface area contributed by atoms with Crippen LogP contribution in [0, 0.1) is 6.92 Å². The molecule has 0 aliphatic rings. The molecule has 6 heteroatoms. The van der Waals surface area contributed by atoms with Crippen molar-refractivity contribution in [3.8, 4) is 11.5 Å². The number of hydrogen-bond acceptors (Lipinski definition) is 4. The number of hydrogen-bond donors (Lipinski definition) is 2. The summed E-state index contributed by atoms with van der Waals surface area (Å²) >= 11 is 6.30. The molecule has 24 heavy (non-hydrogen) atoms. The highest BCUT2D eigenvalue weighted by Crippen LogP contribution is 2.37. The Morgan fingerprint density at radius 3 is 2.54 bits per heavy atom. The van der Waals surface area contributed by atoms with Crippen molar-refractivity contribution in [3.05, 3.63) is 58.1 Å². The van der Waals surface area contributed by atoms with E-state index in [1.54, 1.807) is 19.2 Å². The number of ether oxygens (including phenoxy) is 2. The summed E-state index contributed by atoms with van der Waals surface area (Å²) in [4.78, 5) is 10.5. The molecule has 0 amide bonds. The van der Waals surface area contributed by atoms with Crippen LogP contribution in [0.2, 0.25) is 5.02 Å². The van der Waals surface area contributed by atoms with Gasteiger partial charge in [-0.05, 0) is 30.2 Å². The molecule has 0 saturated carbocycles. The smallest absolute Gasteiger partial charge is 0.317 e. The molecule has 2 aromatic carbocycles. The van der Waals surface area contributed by atoms with Gasteiger partial charge in [0.25, 0.3) is 0 Å². The van der Waals surface area contributed by atoms with Crippen LogP contribution in [0.5, 0.6) is 11.5 Å². The Morgan fingerprint density at radius 1 is 1.21 bits per heavy atom. The average molecular weight is 350 g/mol. The summed E-state index contributed by atoms with van der Waals surface area (Å²) < 4.78 is 11.2. The van der Waals surface area contributed by atoms with Crippen molar-refractivity contribution in [2.24, 2.45) is 0 Å². The maximum Gasteiger partial charge on any atom is 0.317 e. The molecule has 0 radical (unpaired) electrons. The molecule has 0 aliphatic heterocycles. The number of aliphatic carboxylic acids is 1. The molecule has 128 valence electrons.